The van der Waals surface area contributed by atoms with Crippen LogP contribution >= 0.6 is 15.9 Å². The Hall–Kier alpha value is -2.08. The molecule has 0 aromatic heterocycles. The first kappa shape index (κ1) is 19.7. The normalized spacial score (nSPS) is 16.1. The maximum Gasteiger partial charge on any atom is 0.263 e. The molecular weight excluding hydrogens is 411 g/mol. The molecule has 1 amide bonds. The molecule has 144 valence electrons. The van der Waals surface area contributed by atoms with Gasteiger partial charge in [0.25, 0.3) is 5.91 Å². The molecule has 1 atom stereocenters. The van der Waals surface area contributed by atoms with Crippen LogP contribution in [0.15, 0.2) is 53.0 Å². The number of piperidine rings is 1. The molecule has 0 aliphatic carbocycles. The topological polar surface area (TPSA) is 32.8 Å². The molecule has 0 N–H and O–H groups in total. The molecule has 0 radical (unpaired) electrons. The largest absolute Gasteiger partial charge is 0.480 e. The summed E-state index contributed by atoms with van der Waals surface area (Å²) in [5.41, 5.74) is 1.02. The van der Waals surface area contributed by atoms with E-state index >= 15 is 0 Å². The Morgan fingerprint density at radius 2 is 1.81 bits per heavy atom. The van der Waals surface area contributed by atoms with Gasteiger partial charge in [-0.25, -0.2) is 4.39 Å². The summed E-state index contributed by atoms with van der Waals surface area (Å²) in [6.07, 6.45) is 1.20. The van der Waals surface area contributed by atoms with Crippen molar-refractivity contribution in [2.75, 3.05) is 25.0 Å². The molecule has 2 aromatic carbocycles. The Kier molecular flexibility index (Phi) is 6.37. The summed E-state index contributed by atoms with van der Waals surface area (Å²) in [5, 5.41) is 0. The van der Waals surface area contributed by atoms with E-state index in [1.54, 1.807) is 19.1 Å². The van der Waals surface area contributed by atoms with Crippen LogP contribution in [0.2, 0.25) is 0 Å². The summed E-state index contributed by atoms with van der Waals surface area (Å²) in [5.74, 6) is 0.418. The number of rotatable bonds is 5. The zero-order chi connectivity index (χ0) is 19.4. The minimum Gasteiger partial charge on any atom is -0.480 e. The van der Waals surface area contributed by atoms with Crippen molar-refractivity contribution in [3.8, 4) is 5.75 Å². The van der Waals surface area contributed by atoms with Gasteiger partial charge in [0.05, 0.1) is 4.47 Å². The zero-order valence-electron chi connectivity index (χ0n) is 15.6. The van der Waals surface area contributed by atoms with E-state index in [4.69, 9.17) is 4.74 Å². The van der Waals surface area contributed by atoms with Crippen molar-refractivity contribution in [3.05, 3.63) is 58.8 Å². The molecule has 3 rings (SSSR count). The van der Waals surface area contributed by atoms with E-state index in [1.807, 2.05) is 36.2 Å². The molecule has 1 aliphatic heterocycles. The van der Waals surface area contributed by atoms with E-state index in [-0.39, 0.29) is 17.8 Å². The van der Waals surface area contributed by atoms with E-state index in [0.29, 0.717) is 5.75 Å². The lowest BCUT2D eigenvalue weighted by molar-refractivity contribution is -0.139. The summed E-state index contributed by atoms with van der Waals surface area (Å²) in [4.78, 5) is 16.8. The summed E-state index contributed by atoms with van der Waals surface area (Å²) in [7, 11) is 1.85. The van der Waals surface area contributed by atoms with Gasteiger partial charge in [0, 0.05) is 31.9 Å². The van der Waals surface area contributed by atoms with Crippen molar-refractivity contribution in [1.82, 2.24) is 4.90 Å². The van der Waals surface area contributed by atoms with Crippen LogP contribution in [-0.4, -0.2) is 43.1 Å². The number of halogens is 2. The minimum absolute atomic E-state index is 0.0222. The highest BCUT2D eigenvalue weighted by atomic mass is 79.9. The fraction of sp³-hybridized carbons (Fsp3) is 0.381. The molecule has 0 bridgehead atoms. The third-order valence-corrected chi connectivity index (χ3v) is 5.69. The third-order valence-electron chi connectivity index (χ3n) is 5.04. The quantitative estimate of drug-likeness (QED) is 0.694. The van der Waals surface area contributed by atoms with E-state index in [2.05, 4.69) is 20.8 Å². The van der Waals surface area contributed by atoms with E-state index in [0.717, 1.165) is 36.1 Å². The number of ether oxygens (including phenoxy) is 1. The SMILES string of the molecule is CC(Oc1ccccc1Br)C(=O)N(C)C1CCN(c2ccc(F)cc2)CC1. The van der Waals surface area contributed by atoms with Crippen molar-refractivity contribution in [1.29, 1.82) is 0 Å². The van der Waals surface area contributed by atoms with Crippen LogP contribution in [0.5, 0.6) is 5.75 Å². The van der Waals surface area contributed by atoms with Crippen molar-refractivity contribution in [2.24, 2.45) is 0 Å². The lowest BCUT2D eigenvalue weighted by atomic mass is 10.0. The number of hydrogen-bond donors (Lipinski definition) is 0. The van der Waals surface area contributed by atoms with Gasteiger partial charge in [-0.2, -0.15) is 0 Å². The van der Waals surface area contributed by atoms with Crippen LogP contribution < -0.4 is 9.64 Å². The van der Waals surface area contributed by atoms with Gasteiger partial charge in [-0.1, -0.05) is 12.1 Å². The number of amides is 1. The highest BCUT2D eigenvalue weighted by Gasteiger charge is 2.29. The Morgan fingerprint density at radius 1 is 1.19 bits per heavy atom. The lowest BCUT2D eigenvalue weighted by Gasteiger charge is -2.38. The Bertz CT molecular complexity index is 776. The highest BCUT2D eigenvalue weighted by Crippen LogP contribution is 2.26. The number of para-hydroxylation sites is 1. The Balaban J connectivity index is 1.55. The fourth-order valence-electron chi connectivity index (χ4n) is 3.41. The molecule has 1 fully saturated rings. The summed E-state index contributed by atoms with van der Waals surface area (Å²) >= 11 is 3.44. The molecular formula is C21H24BrFN2O2. The number of anilines is 1. The van der Waals surface area contributed by atoms with E-state index in [9.17, 15) is 9.18 Å². The van der Waals surface area contributed by atoms with Gasteiger partial charge in [0.15, 0.2) is 6.10 Å². The minimum atomic E-state index is -0.552. The molecule has 1 aliphatic rings. The second-order valence-corrected chi connectivity index (χ2v) is 7.69. The van der Waals surface area contributed by atoms with Gasteiger partial charge < -0.3 is 14.5 Å². The Morgan fingerprint density at radius 3 is 2.44 bits per heavy atom. The van der Waals surface area contributed by atoms with Crippen molar-refractivity contribution in [2.45, 2.75) is 31.9 Å². The first-order chi connectivity index (χ1) is 13.0. The van der Waals surface area contributed by atoms with E-state index < -0.39 is 6.10 Å². The second kappa shape index (κ2) is 8.74. The summed E-state index contributed by atoms with van der Waals surface area (Å²) in [6, 6.07) is 14.3. The molecule has 4 nitrogen and oxygen atoms in total. The predicted molar refractivity (Wildman–Crippen MR) is 109 cm³/mol. The van der Waals surface area contributed by atoms with Crippen molar-refractivity contribution < 1.29 is 13.9 Å². The van der Waals surface area contributed by atoms with Crippen LogP contribution in [0, 0.1) is 5.82 Å². The molecule has 1 unspecified atom stereocenters. The number of benzene rings is 2. The maximum absolute atomic E-state index is 13.1. The Labute approximate surface area is 168 Å². The summed E-state index contributed by atoms with van der Waals surface area (Å²) in [6.45, 7) is 3.46. The third kappa shape index (κ3) is 4.80. The maximum atomic E-state index is 13.1. The second-order valence-electron chi connectivity index (χ2n) is 6.83. The van der Waals surface area contributed by atoms with Gasteiger partial charge in [-0.05, 0) is 72.1 Å². The monoisotopic (exact) mass is 434 g/mol. The van der Waals surface area contributed by atoms with Crippen molar-refractivity contribution in [3.63, 3.8) is 0 Å². The van der Waals surface area contributed by atoms with Crippen LogP contribution in [-0.2, 0) is 4.79 Å². The van der Waals surface area contributed by atoms with Crippen LogP contribution in [0.3, 0.4) is 0 Å². The average Bonchev–Trinajstić information content (AvgIpc) is 2.69. The van der Waals surface area contributed by atoms with Gasteiger partial charge in [-0.3, -0.25) is 4.79 Å². The first-order valence-corrected chi connectivity index (χ1v) is 9.93. The molecule has 0 saturated carbocycles. The molecule has 0 spiro atoms. The van der Waals surface area contributed by atoms with Crippen LogP contribution in [0.1, 0.15) is 19.8 Å². The van der Waals surface area contributed by atoms with Gasteiger partial charge in [0.1, 0.15) is 11.6 Å². The van der Waals surface area contributed by atoms with Crippen LogP contribution in [0.4, 0.5) is 10.1 Å². The molecule has 27 heavy (non-hydrogen) atoms. The van der Waals surface area contributed by atoms with Crippen LogP contribution in [0.25, 0.3) is 0 Å². The van der Waals surface area contributed by atoms with Crippen molar-refractivity contribution >= 4 is 27.5 Å². The average molecular weight is 435 g/mol. The molecule has 2 aromatic rings. The fourth-order valence-corrected chi connectivity index (χ4v) is 3.79. The first-order valence-electron chi connectivity index (χ1n) is 9.14. The number of carbonyl (C=O) groups is 1. The standard InChI is InChI=1S/C21H24BrFN2O2/c1-15(27-20-6-4-3-5-19(20)22)21(26)24(2)17-11-13-25(14-12-17)18-9-7-16(23)8-10-18/h3-10,15,17H,11-14H2,1-2H3. The zero-order valence-corrected chi connectivity index (χ0v) is 17.2. The lowest BCUT2D eigenvalue weighted by Crippen LogP contribution is -2.49. The van der Waals surface area contributed by atoms with Gasteiger partial charge in [-0.15, -0.1) is 0 Å². The predicted octanol–water partition coefficient (Wildman–Crippen LogP) is 4.48. The smallest absolute Gasteiger partial charge is 0.263 e. The number of hydrogen-bond acceptors (Lipinski definition) is 3. The number of nitrogens with zero attached hydrogens (tertiary/aromatic N) is 2. The molecule has 6 heteroatoms. The molecule has 1 heterocycles. The molecule has 1 saturated heterocycles. The summed E-state index contributed by atoms with van der Waals surface area (Å²) < 4.78 is 19.8. The highest BCUT2D eigenvalue weighted by molar-refractivity contribution is 9.10. The van der Waals surface area contributed by atoms with Gasteiger partial charge >= 0.3 is 0 Å². The van der Waals surface area contributed by atoms with Gasteiger partial charge in [0.2, 0.25) is 0 Å². The number of likely N-dealkylation sites (N-methyl/N-ethyl adjacent to an activating group) is 1. The van der Waals surface area contributed by atoms with E-state index in [1.165, 1.54) is 12.1 Å². The number of carbonyl (C=O) groups excluding carboxylic acids is 1.